The van der Waals surface area contributed by atoms with Crippen LogP contribution in [-0.2, 0) is 10.0 Å². The van der Waals surface area contributed by atoms with Gasteiger partial charge in [0.15, 0.2) is 5.82 Å². The van der Waals surface area contributed by atoms with E-state index in [-0.39, 0.29) is 16.5 Å². The van der Waals surface area contributed by atoms with Crippen molar-refractivity contribution >= 4 is 21.1 Å². The van der Waals surface area contributed by atoms with Gasteiger partial charge in [0.25, 0.3) is 0 Å². The van der Waals surface area contributed by atoms with Gasteiger partial charge in [-0.2, -0.15) is 5.26 Å². The normalized spacial score (nSPS) is 18.2. The summed E-state index contributed by atoms with van der Waals surface area (Å²) in [6, 6.07) is 4.50. The molecule has 8 nitrogen and oxygen atoms in total. The van der Waals surface area contributed by atoms with Crippen molar-refractivity contribution in [2.75, 3.05) is 0 Å². The highest BCUT2D eigenvalue weighted by atomic mass is 32.2. The molecule has 3 aromatic rings. The predicted molar refractivity (Wildman–Crippen MR) is 111 cm³/mol. The molecule has 5 rings (SSSR count). The van der Waals surface area contributed by atoms with Crippen LogP contribution in [0.25, 0.3) is 22.6 Å². The SMILES string of the molecule is Cc1cnc2c(c1)c(C#N)c(-c1ncc(S(=O)(=O)NC3(C)CC3)cn1)n2C1CCC1. The highest BCUT2D eigenvalue weighted by molar-refractivity contribution is 7.89. The van der Waals surface area contributed by atoms with E-state index in [4.69, 9.17) is 0 Å². The number of nitrogens with zero attached hydrogens (tertiary/aromatic N) is 5. The van der Waals surface area contributed by atoms with Gasteiger partial charge in [0.1, 0.15) is 22.3 Å². The number of hydrogen-bond donors (Lipinski definition) is 1. The number of rotatable bonds is 5. The summed E-state index contributed by atoms with van der Waals surface area (Å²) in [4.78, 5) is 13.3. The van der Waals surface area contributed by atoms with E-state index in [9.17, 15) is 13.7 Å². The van der Waals surface area contributed by atoms with Crippen molar-refractivity contribution in [3.05, 3.63) is 35.8 Å². The van der Waals surface area contributed by atoms with Gasteiger partial charge >= 0.3 is 0 Å². The zero-order chi connectivity index (χ0) is 21.1. The molecule has 0 amide bonds. The molecular weight excluding hydrogens is 400 g/mol. The Morgan fingerprint density at radius 1 is 1.20 bits per heavy atom. The van der Waals surface area contributed by atoms with Crippen molar-refractivity contribution in [3.8, 4) is 17.6 Å². The van der Waals surface area contributed by atoms with Crippen molar-refractivity contribution in [2.24, 2.45) is 0 Å². The summed E-state index contributed by atoms with van der Waals surface area (Å²) in [5, 5.41) is 10.7. The number of aryl methyl sites for hydroxylation is 1. The Balaban J connectivity index is 1.63. The fourth-order valence-electron chi connectivity index (χ4n) is 3.88. The predicted octanol–water partition coefficient (Wildman–Crippen LogP) is 3.23. The van der Waals surface area contributed by atoms with E-state index < -0.39 is 10.0 Å². The molecule has 0 bridgehead atoms. The first-order valence-corrected chi connectivity index (χ1v) is 11.6. The first-order chi connectivity index (χ1) is 14.3. The summed E-state index contributed by atoms with van der Waals surface area (Å²) in [6.07, 6.45) is 9.22. The van der Waals surface area contributed by atoms with Gasteiger partial charge in [0.05, 0.1) is 18.0 Å². The van der Waals surface area contributed by atoms with Crippen molar-refractivity contribution in [1.29, 1.82) is 5.26 Å². The van der Waals surface area contributed by atoms with E-state index in [2.05, 4.69) is 30.3 Å². The Kier molecular flexibility index (Phi) is 4.21. The minimum Gasteiger partial charge on any atom is -0.318 e. The largest absolute Gasteiger partial charge is 0.318 e. The van der Waals surface area contributed by atoms with Crippen molar-refractivity contribution in [1.82, 2.24) is 24.2 Å². The molecule has 0 spiro atoms. The molecule has 30 heavy (non-hydrogen) atoms. The van der Waals surface area contributed by atoms with Crippen molar-refractivity contribution in [3.63, 3.8) is 0 Å². The van der Waals surface area contributed by atoms with Crippen LogP contribution >= 0.6 is 0 Å². The second-order valence-electron chi connectivity index (χ2n) is 8.58. The maximum absolute atomic E-state index is 12.6. The third kappa shape index (κ3) is 3.07. The number of hydrogen-bond acceptors (Lipinski definition) is 6. The van der Waals surface area contributed by atoms with Gasteiger partial charge in [-0.15, -0.1) is 0 Å². The van der Waals surface area contributed by atoms with E-state index in [1.54, 1.807) is 6.20 Å². The molecule has 0 radical (unpaired) electrons. The lowest BCUT2D eigenvalue weighted by molar-refractivity contribution is 0.322. The molecule has 0 aromatic carbocycles. The Labute approximate surface area is 175 Å². The van der Waals surface area contributed by atoms with Crippen LogP contribution < -0.4 is 4.72 Å². The van der Waals surface area contributed by atoms with Crippen LogP contribution in [-0.4, -0.2) is 33.5 Å². The number of nitrogens with one attached hydrogen (secondary N) is 1. The number of sulfonamides is 1. The highest BCUT2D eigenvalue weighted by Gasteiger charge is 2.41. The standard InChI is InChI=1S/C21H22N6O2S/c1-13-8-16-17(9-22)18(27(14-4-3-5-14)20(16)25-10-13)19-23-11-15(12-24-19)30(28,29)26-21(2)6-7-21/h8,10-12,14,26H,3-7H2,1-2H3. The molecule has 3 aromatic heterocycles. The molecule has 0 aliphatic heterocycles. The van der Waals surface area contributed by atoms with Gasteiger partial charge in [0.2, 0.25) is 10.0 Å². The maximum Gasteiger partial charge on any atom is 0.244 e. The van der Waals surface area contributed by atoms with E-state index in [1.165, 1.54) is 12.4 Å². The molecule has 0 atom stereocenters. The van der Waals surface area contributed by atoms with Gasteiger partial charge in [-0.1, -0.05) is 0 Å². The summed E-state index contributed by atoms with van der Waals surface area (Å²) in [5.74, 6) is 0.339. The van der Waals surface area contributed by atoms with Crippen molar-refractivity contribution in [2.45, 2.75) is 62.4 Å². The lowest BCUT2D eigenvalue weighted by atomic mass is 9.92. The van der Waals surface area contributed by atoms with Gasteiger partial charge in [0, 0.05) is 23.2 Å². The zero-order valence-electron chi connectivity index (χ0n) is 16.9. The van der Waals surface area contributed by atoms with Crippen LogP contribution in [0.1, 0.15) is 56.2 Å². The van der Waals surface area contributed by atoms with Crippen LogP contribution in [0.5, 0.6) is 0 Å². The fraction of sp³-hybridized carbons (Fsp3) is 0.429. The lowest BCUT2D eigenvalue weighted by Crippen LogP contribution is -2.34. The van der Waals surface area contributed by atoms with E-state index in [1.807, 2.05) is 19.9 Å². The van der Waals surface area contributed by atoms with Gasteiger partial charge in [-0.05, 0) is 57.6 Å². The molecule has 1 N–H and O–H groups in total. The summed E-state index contributed by atoms with van der Waals surface area (Å²) in [6.45, 7) is 3.82. The molecule has 2 fully saturated rings. The Morgan fingerprint density at radius 2 is 1.90 bits per heavy atom. The third-order valence-electron chi connectivity index (χ3n) is 6.06. The average Bonchev–Trinajstić information content (AvgIpc) is 3.30. The molecule has 2 saturated carbocycles. The maximum atomic E-state index is 12.6. The van der Waals surface area contributed by atoms with Crippen LogP contribution in [0.2, 0.25) is 0 Å². The topological polar surface area (TPSA) is 114 Å². The molecule has 154 valence electrons. The Hall–Kier alpha value is -2.83. The fourth-order valence-corrected chi connectivity index (χ4v) is 5.23. The third-order valence-corrected chi connectivity index (χ3v) is 7.65. The number of pyridine rings is 1. The monoisotopic (exact) mass is 422 g/mol. The molecule has 2 aliphatic rings. The Morgan fingerprint density at radius 3 is 2.47 bits per heavy atom. The minimum absolute atomic E-state index is 0.0261. The van der Waals surface area contributed by atoms with Crippen LogP contribution in [0.4, 0.5) is 0 Å². The van der Waals surface area contributed by atoms with Crippen LogP contribution in [0, 0.1) is 18.3 Å². The molecule has 3 heterocycles. The molecule has 9 heteroatoms. The van der Waals surface area contributed by atoms with Gasteiger partial charge in [-0.25, -0.2) is 28.1 Å². The summed E-state index contributed by atoms with van der Waals surface area (Å²) in [5.41, 5.74) is 2.44. The lowest BCUT2D eigenvalue weighted by Gasteiger charge is -2.29. The average molecular weight is 423 g/mol. The van der Waals surface area contributed by atoms with Gasteiger partial charge in [-0.3, -0.25) is 0 Å². The number of fused-ring (bicyclic) bond motifs is 1. The number of nitriles is 1. The van der Waals surface area contributed by atoms with Crippen LogP contribution in [0.3, 0.4) is 0 Å². The second kappa shape index (κ2) is 6.59. The van der Waals surface area contributed by atoms with E-state index >= 15 is 0 Å². The van der Waals surface area contributed by atoms with Crippen molar-refractivity contribution < 1.29 is 8.42 Å². The molecular formula is C21H22N6O2S. The van der Waals surface area contributed by atoms with Gasteiger partial charge < -0.3 is 4.57 Å². The summed E-state index contributed by atoms with van der Waals surface area (Å²) in [7, 11) is -3.68. The highest BCUT2D eigenvalue weighted by Crippen LogP contribution is 2.41. The first-order valence-electron chi connectivity index (χ1n) is 10.1. The Bertz CT molecular complexity index is 1300. The van der Waals surface area contributed by atoms with E-state index in [0.717, 1.165) is 48.7 Å². The first kappa shape index (κ1) is 19.2. The second-order valence-corrected chi connectivity index (χ2v) is 10.3. The summed E-state index contributed by atoms with van der Waals surface area (Å²) >= 11 is 0. The van der Waals surface area contributed by atoms with E-state index in [0.29, 0.717) is 17.1 Å². The minimum atomic E-state index is -3.68. The number of aromatic nitrogens is 4. The smallest absolute Gasteiger partial charge is 0.244 e. The molecule has 0 saturated heterocycles. The van der Waals surface area contributed by atoms with Crippen LogP contribution in [0.15, 0.2) is 29.6 Å². The molecule has 0 unspecified atom stereocenters. The zero-order valence-corrected chi connectivity index (χ0v) is 17.7. The quantitative estimate of drug-likeness (QED) is 0.675. The summed E-state index contributed by atoms with van der Waals surface area (Å²) < 4.78 is 30.0. The molecule has 2 aliphatic carbocycles.